The molecule has 2 N–H and O–H groups in total. The molecule has 0 spiro atoms. The summed E-state index contributed by atoms with van der Waals surface area (Å²) in [5.74, 6) is 0. The van der Waals surface area contributed by atoms with E-state index in [0.29, 0.717) is 5.56 Å². The minimum Gasteiger partial charge on any atom is -0.391 e. The van der Waals surface area contributed by atoms with Gasteiger partial charge in [0.2, 0.25) is 0 Å². The standard InChI is InChI=1S/C12H15BrN2O/c1-8(16)12(2,3)15-11-6-10(13)5-4-9(11)7-14/h4-6,8,15-16H,1-3H3. The highest BCUT2D eigenvalue weighted by Crippen LogP contribution is 2.25. The van der Waals surface area contributed by atoms with Crippen LogP contribution >= 0.6 is 15.9 Å². The first-order valence-electron chi connectivity index (χ1n) is 5.02. The topological polar surface area (TPSA) is 56.0 Å². The monoisotopic (exact) mass is 282 g/mol. The van der Waals surface area contributed by atoms with Crippen molar-refractivity contribution >= 4 is 21.6 Å². The van der Waals surface area contributed by atoms with Crippen LogP contribution in [0.2, 0.25) is 0 Å². The number of anilines is 1. The zero-order chi connectivity index (χ0) is 12.3. The number of nitrogens with one attached hydrogen (secondary N) is 1. The van der Waals surface area contributed by atoms with Crippen LogP contribution in [-0.4, -0.2) is 16.7 Å². The predicted octanol–water partition coefficient (Wildman–Crippen LogP) is 2.89. The van der Waals surface area contributed by atoms with E-state index < -0.39 is 11.6 Å². The van der Waals surface area contributed by atoms with Crippen molar-refractivity contribution in [1.29, 1.82) is 5.26 Å². The number of nitriles is 1. The average Bonchev–Trinajstić information content (AvgIpc) is 2.17. The maximum Gasteiger partial charge on any atom is 0.101 e. The Morgan fingerprint density at radius 1 is 1.50 bits per heavy atom. The summed E-state index contributed by atoms with van der Waals surface area (Å²) < 4.78 is 0.899. The number of nitrogens with zero attached hydrogens (tertiary/aromatic N) is 1. The predicted molar refractivity (Wildman–Crippen MR) is 68.2 cm³/mol. The molecule has 0 heterocycles. The molecule has 0 radical (unpaired) electrons. The third-order valence-corrected chi connectivity index (χ3v) is 3.10. The van der Waals surface area contributed by atoms with Gasteiger partial charge >= 0.3 is 0 Å². The summed E-state index contributed by atoms with van der Waals surface area (Å²) in [6.45, 7) is 5.50. The van der Waals surface area contributed by atoms with Crippen molar-refractivity contribution in [2.24, 2.45) is 0 Å². The molecule has 1 atom stereocenters. The molecule has 86 valence electrons. The molecule has 0 aliphatic carbocycles. The summed E-state index contributed by atoms with van der Waals surface area (Å²) in [7, 11) is 0. The number of rotatable bonds is 3. The summed E-state index contributed by atoms with van der Waals surface area (Å²) >= 11 is 3.36. The lowest BCUT2D eigenvalue weighted by Crippen LogP contribution is -2.42. The lowest BCUT2D eigenvalue weighted by Gasteiger charge is -2.31. The van der Waals surface area contributed by atoms with Crippen molar-refractivity contribution in [3.05, 3.63) is 28.2 Å². The van der Waals surface area contributed by atoms with Gasteiger partial charge in [0.15, 0.2) is 0 Å². The first-order chi connectivity index (χ1) is 7.36. The molecule has 0 aliphatic rings. The van der Waals surface area contributed by atoms with Gasteiger partial charge in [-0.1, -0.05) is 15.9 Å². The van der Waals surface area contributed by atoms with Crippen LogP contribution in [0.15, 0.2) is 22.7 Å². The maximum atomic E-state index is 9.62. The first kappa shape index (κ1) is 13.0. The SMILES string of the molecule is CC(O)C(C)(C)Nc1cc(Br)ccc1C#N. The molecule has 0 aromatic heterocycles. The number of hydrogen-bond donors (Lipinski definition) is 2. The Hall–Kier alpha value is -1.05. The number of aliphatic hydroxyl groups excluding tert-OH is 1. The Kier molecular flexibility index (Phi) is 3.95. The van der Waals surface area contributed by atoms with Gasteiger partial charge in [0.1, 0.15) is 6.07 Å². The highest BCUT2D eigenvalue weighted by molar-refractivity contribution is 9.10. The number of benzene rings is 1. The van der Waals surface area contributed by atoms with Crippen molar-refractivity contribution in [3.8, 4) is 6.07 Å². The summed E-state index contributed by atoms with van der Waals surface area (Å²) in [6.07, 6.45) is -0.516. The van der Waals surface area contributed by atoms with Crippen molar-refractivity contribution in [1.82, 2.24) is 0 Å². The molecule has 0 aliphatic heterocycles. The minimum absolute atomic E-state index is 0.480. The van der Waals surface area contributed by atoms with Gasteiger partial charge in [-0.3, -0.25) is 0 Å². The number of halogens is 1. The van der Waals surface area contributed by atoms with Crippen molar-refractivity contribution in [3.63, 3.8) is 0 Å². The zero-order valence-electron chi connectivity index (χ0n) is 9.58. The first-order valence-corrected chi connectivity index (χ1v) is 5.82. The normalized spacial score (nSPS) is 13.0. The molecule has 3 nitrogen and oxygen atoms in total. The van der Waals surface area contributed by atoms with Gasteiger partial charge in [0, 0.05) is 4.47 Å². The van der Waals surface area contributed by atoms with Gasteiger partial charge in [0.05, 0.1) is 22.9 Å². The van der Waals surface area contributed by atoms with Gasteiger partial charge in [0.25, 0.3) is 0 Å². The largest absolute Gasteiger partial charge is 0.391 e. The van der Waals surface area contributed by atoms with Crippen LogP contribution < -0.4 is 5.32 Å². The van der Waals surface area contributed by atoms with E-state index in [9.17, 15) is 5.11 Å². The van der Waals surface area contributed by atoms with E-state index in [1.54, 1.807) is 13.0 Å². The highest BCUT2D eigenvalue weighted by atomic mass is 79.9. The minimum atomic E-state index is -0.516. The smallest absolute Gasteiger partial charge is 0.101 e. The van der Waals surface area contributed by atoms with E-state index in [1.807, 2.05) is 26.0 Å². The van der Waals surface area contributed by atoms with Gasteiger partial charge in [-0.25, -0.2) is 0 Å². The van der Waals surface area contributed by atoms with Gasteiger partial charge in [-0.05, 0) is 39.0 Å². The van der Waals surface area contributed by atoms with E-state index in [0.717, 1.165) is 10.2 Å². The molecule has 0 fully saturated rings. The van der Waals surface area contributed by atoms with Crippen LogP contribution in [0, 0.1) is 11.3 Å². The fourth-order valence-electron chi connectivity index (χ4n) is 1.17. The molecule has 4 heteroatoms. The van der Waals surface area contributed by atoms with Crippen LogP contribution in [0.4, 0.5) is 5.69 Å². The second-order valence-electron chi connectivity index (χ2n) is 4.32. The lowest BCUT2D eigenvalue weighted by atomic mass is 9.97. The van der Waals surface area contributed by atoms with E-state index in [4.69, 9.17) is 5.26 Å². The second-order valence-corrected chi connectivity index (χ2v) is 5.24. The molecule has 16 heavy (non-hydrogen) atoms. The molecule has 1 aromatic carbocycles. The summed E-state index contributed by atoms with van der Waals surface area (Å²) in [5, 5.41) is 21.8. The van der Waals surface area contributed by atoms with Crippen LogP contribution in [-0.2, 0) is 0 Å². The molecule has 1 unspecified atom stereocenters. The van der Waals surface area contributed by atoms with Crippen LogP contribution in [0.25, 0.3) is 0 Å². The quantitative estimate of drug-likeness (QED) is 0.896. The Morgan fingerprint density at radius 2 is 2.12 bits per heavy atom. The average molecular weight is 283 g/mol. The van der Waals surface area contributed by atoms with Gasteiger partial charge in [-0.15, -0.1) is 0 Å². The van der Waals surface area contributed by atoms with Crippen LogP contribution in [0.1, 0.15) is 26.3 Å². The lowest BCUT2D eigenvalue weighted by molar-refractivity contribution is 0.133. The van der Waals surface area contributed by atoms with Gasteiger partial charge in [-0.2, -0.15) is 5.26 Å². The Balaban J connectivity index is 3.06. The molecule has 0 bridgehead atoms. The Labute approximate surface area is 104 Å². The number of hydrogen-bond acceptors (Lipinski definition) is 3. The summed E-state index contributed by atoms with van der Waals surface area (Å²) in [5.41, 5.74) is 0.812. The maximum absolute atomic E-state index is 9.62. The van der Waals surface area contributed by atoms with Crippen LogP contribution in [0.5, 0.6) is 0 Å². The summed E-state index contributed by atoms with van der Waals surface area (Å²) in [4.78, 5) is 0. The molecule has 0 amide bonds. The highest BCUT2D eigenvalue weighted by Gasteiger charge is 2.24. The van der Waals surface area contributed by atoms with Gasteiger partial charge < -0.3 is 10.4 Å². The molecule has 1 aromatic rings. The molecule has 0 saturated carbocycles. The van der Waals surface area contributed by atoms with E-state index in [-0.39, 0.29) is 0 Å². The molecule has 0 saturated heterocycles. The molecular weight excluding hydrogens is 268 g/mol. The van der Waals surface area contributed by atoms with Crippen molar-refractivity contribution in [2.45, 2.75) is 32.4 Å². The van der Waals surface area contributed by atoms with Crippen LogP contribution in [0.3, 0.4) is 0 Å². The third kappa shape index (κ3) is 2.97. The Morgan fingerprint density at radius 3 is 2.62 bits per heavy atom. The van der Waals surface area contributed by atoms with E-state index in [2.05, 4.69) is 27.3 Å². The second kappa shape index (κ2) is 4.86. The van der Waals surface area contributed by atoms with E-state index in [1.165, 1.54) is 0 Å². The fourth-order valence-corrected chi connectivity index (χ4v) is 1.53. The molecule has 1 rings (SSSR count). The number of aliphatic hydroxyl groups is 1. The fraction of sp³-hybridized carbons (Fsp3) is 0.417. The van der Waals surface area contributed by atoms with Crippen molar-refractivity contribution in [2.75, 3.05) is 5.32 Å². The van der Waals surface area contributed by atoms with E-state index >= 15 is 0 Å². The van der Waals surface area contributed by atoms with Crippen molar-refractivity contribution < 1.29 is 5.11 Å². The molecular formula is C12H15BrN2O. The Bertz CT molecular complexity index is 422. The zero-order valence-corrected chi connectivity index (χ0v) is 11.2. The third-order valence-electron chi connectivity index (χ3n) is 2.60. The summed E-state index contributed by atoms with van der Waals surface area (Å²) in [6, 6.07) is 7.51.